The molecule has 0 unspecified atom stereocenters. The molecule has 1 aliphatic rings. The Morgan fingerprint density at radius 1 is 1.21 bits per heavy atom. The summed E-state index contributed by atoms with van der Waals surface area (Å²) in [5.41, 5.74) is 4.16. The fraction of sp³-hybridized carbons (Fsp3) is 0.391. The molecule has 0 N–H and O–H groups in total. The van der Waals surface area contributed by atoms with Gasteiger partial charge < -0.3 is 4.74 Å². The lowest BCUT2D eigenvalue weighted by Crippen LogP contribution is -2.16. The van der Waals surface area contributed by atoms with Gasteiger partial charge in [0, 0.05) is 49.7 Å². The van der Waals surface area contributed by atoms with E-state index in [1.165, 1.54) is 0 Å². The SMILES string of the molecule is CCCC(=O)C1=NCc2cc(CC(=O)C[C@H](COC)c3ccccc3)ncc21. The van der Waals surface area contributed by atoms with Gasteiger partial charge in [-0.15, -0.1) is 0 Å². The Bertz CT molecular complexity index is 875. The fourth-order valence-corrected chi connectivity index (χ4v) is 3.57. The van der Waals surface area contributed by atoms with Crippen LogP contribution < -0.4 is 0 Å². The van der Waals surface area contributed by atoms with E-state index in [4.69, 9.17) is 4.74 Å². The van der Waals surface area contributed by atoms with Gasteiger partial charge in [0.2, 0.25) is 0 Å². The molecular weight excluding hydrogens is 352 g/mol. The molecule has 0 saturated carbocycles. The maximum absolute atomic E-state index is 12.7. The molecule has 0 fully saturated rings. The molecule has 5 nitrogen and oxygen atoms in total. The monoisotopic (exact) mass is 378 g/mol. The third kappa shape index (κ3) is 4.78. The van der Waals surface area contributed by atoms with Crippen molar-refractivity contribution >= 4 is 17.3 Å². The van der Waals surface area contributed by atoms with Gasteiger partial charge in [-0.25, -0.2) is 0 Å². The van der Waals surface area contributed by atoms with Crippen LogP contribution in [0.1, 0.15) is 54.5 Å². The summed E-state index contributed by atoms with van der Waals surface area (Å²) >= 11 is 0. The van der Waals surface area contributed by atoms with Crippen molar-refractivity contribution in [3.05, 3.63) is 65.0 Å². The first kappa shape index (κ1) is 20.1. The van der Waals surface area contributed by atoms with Gasteiger partial charge in [-0.2, -0.15) is 0 Å². The van der Waals surface area contributed by atoms with E-state index in [0.29, 0.717) is 31.7 Å². The summed E-state index contributed by atoms with van der Waals surface area (Å²) in [6.45, 7) is 2.97. The molecule has 2 aromatic rings. The third-order valence-corrected chi connectivity index (χ3v) is 4.94. The van der Waals surface area contributed by atoms with E-state index in [1.807, 2.05) is 43.3 Å². The van der Waals surface area contributed by atoms with Crippen LogP contribution in [0.3, 0.4) is 0 Å². The van der Waals surface area contributed by atoms with Gasteiger partial charge in [-0.3, -0.25) is 19.6 Å². The van der Waals surface area contributed by atoms with E-state index in [0.717, 1.165) is 28.8 Å². The van der Waals surface area contributed by atoms with Crippen molar-refractivity contribution in [3.63, 3.8) is 0 Å². The molecule has 0 radical (unpaired) electrons. The van der Waals surface area contributed by atoms with Crippen LogP contribution in [0.2, 0.25) is 0 Å². The van der Waals surface area contributed by atoms with Crippen molar-refractivity contribution < 1.29 is 14.3 Å². The molecule has 0 aliphatic carbocycles. The molecule has 0 spiro atoms. The molecule has 1 aromatic carbocycles. The zero-order chi connectivity index (χ0) is 19.9. The normalized spacial score (nSPS) is 13.7. The lowest BCUT2D eigenvalue weighted by molar-refractivity contribution is -0.119. The molecular formula is C23H26N2O3. The number of carbonyl (C=O) groups excluding carboxylic acids is 2. The maximum atomic E-state index is 12.7. The topological polar surface area (TPSA) is 68.6 Å². The predicted octanol–water partition coefficient (Wildman–Crippen LogP) is 3.69. The van der Waals surface area contributed by atoms with Crippen LogP contribution in [0.25, 0.3) is 0 Å². The Morgan fingerprint density at radius 3 is 2.71 bits per heavy atom. The number of fused-ring (bicyclic) bond motifs is 1. The van der Waals surface area contributed by atoms with Crippen LogP contribution in [-0.2, 0) is 27.3 Å². The molecule has 146 valence electrons. The molecule has 5 heteroatoms. The highest BCUT2D eigenvalue weighted by molar-refractivity contribution is 6.47. The first-order valence-electron chi connectivity index (χ1n) is 9.73. The molecule has 28 heavy (non-hydrogen) atoms. The zero-order valence-corrected chi connectivity index (χ0v) is 16.5. The summed E-state index contributed by atoms with van der Waals surface area (Å²) in [5.74, 6) is 0.228. The zero-order valence-electron chi connectivity index (χ0n) is 16.5. The van der Waals surface area contributed by atoms with Crippen LogP contribution in [0, 0.1) is 0 Å². The van der Waals surface area contributed by atoms with Crippen LogP contribution in [0.15, 0.2) is 47.6 Å². The predicted molar refractivity (Wildman–Crippen MR) is 109 cm³/mol. The molecule has 1 atom stereocenters. The Hall–Kier alpha value is -2.66. The highest BCUT2D eigenvalue weighted by atomic mass is 16.5. The number of ether oxygens (including phenoxy) is 1. The van der Waals surface area contributed by atoms with Crippen molar-refractivity contribution in [2.45, 2.75) is 45.1 Å². The van der Waals surface area contributed by atoms with Gasteiger partial charge in [0.25, 0.3) is 0 Å². The number of Topliss-reactive ketones (excluding diaryl/α,β-unsaturated/α-hetero) is 2. The number of rotatable bonds is 10. The first-order chi connectivity index (χ1) is 13.6. The fourth-order valence-electron chi connectivity index (χ4n) is 3.57. The van der Waals surface area contributed by atoms with Gasteiger partial charge in [-0.1, -0.05) is 37.3 Å². The average molecular weight is 378 g/mol. The van der Waals surface area contributed by atoms with Crippen LogP contribution in [0.4, 0.5) is 0 Å². The summed E-state index contributed by atoms with van der Waals surface area (Å²) < 4.78 is 5.31. The van der Waals surface area contributed by atoms with E-state index in [1.54, 1.807) is 13.3 Å². The van der Waals surface area contributed by atoms with Crippen molar-refractivity contribution in [2.75, 3.05) is 13.7 Å². The number of aliphatic imine (C=N–C) groups is 1. The first-order valence-corrected chi connectivity index (χ1v) is 9.73. The van der Waals surface area contributed by atoms with Crippen LogP contribution in [-0.4, -0.2) is 36.0 Å². The third-order valence-electron chi connectivity index (χ3n) is 4.94. The van der Waals surface area contributed by atoms with Crippen molar-refractivity contribution in [1.82, 2.24) is 4.98 Å². The van der Waals surface area contributed by atoms with E-state index in [2.05, 4.69) is 9.98 Å². The number of methoxy groups -OCH3 is 1. The van der Waals surface area contributed by atoms with E-state index >= 15 is 0 Å². The largest absolute Gasteiger partial charge is 0.384 e. The van der Waals surface area contributed by atoms with Gasteiger partial charge >= 0.3 is 0 Å². The Morgan fingerprint density at radius 2 is 2.00 bits per heavy atom. The standard InChI is InChI=1S/C23H26N2O3/c1-3-7-22(27)23-21-14-24-19(10-17(21)13-25-23)12-20(26)11-18(15-28-2)16-8-5-4-6-9-16/h4-6,8-10,14,18H,3,7,11-13,15H2,1-2H3/t18-/m1/s1. The van der Waals surface area contributed by atoms with Gasteiger partial charge in [0.05, 0.1) is 13.2 Å². The van der Waals surface area contributed by atoms with Crippen LogP contribution in [0.5, 0.6) is 0 Å². The molecule has 0 bridgehead atoms. The quantitative estimate of drug-likeness (QED) is 0.632. The smallest absolute Gasteiger partial charge is 0.181 e. The Balaban J connectivity index is 1.66. The summed E-state index contributed by atoms with van der Waals surface area (Å²) in [6, 6.07) is 11.9. The summed E-state index contributed by atoms with van der Waals surface area (Å²) in [7, 11) is 1.65. The van der Waals surface area contributed by atoms with Crippen molar-refractivity contribution in [3.8, 4) is 0 Å². The minimum Gasteiger partial charge on any atom is -0.384 e. The number of pyridine rings is 1. The molecule has 0 saturated heterocycles. The van der Waals surface area contributed by atoms with Gasteiger partial charge in [0.1, 0.15) is 11.5 Å². The van der Waals surface area contributed by atoms with Gasteiger partial charge in [-0.05, 0) is 23.6 Å². The highest BCUT2D eigenvalue weighted by Crippen LogP contribution is 2.23. The van der Waals surface area contributed by atoms with E-state index < -0.39 is 0 Å². The highest BCUT2D eigenvalue weighted by Gasteiger charge is 2.23. The number of benzene rings is 1. The average Bonchev–Trinajstić information content (AvgIpc) is 3.12. The number of carbonyl (C=O) groups is 2. The summed E-state index contributed by atoms with van der Waals surface area (Å²) in [4.78, 5) is 33.6. The number of nitrogens with zero attached hydrogens (tertiary/aromatic N) is 2. The van der Waals surface area contributed by atoms with Crippen molar-refractivity contribution in [1.29, 1.82) is 0 Å². The minimum absolute atomic E-state index is 0.0368. The molecule has 2 heterocycles. The summed E-state index contributed by atoms with van der Waals surface area (Å²) in [5, 5.41) is 0. The second kappa shape index (κ2) is 9.51. The minimum atomic E-state index is 0.0368. The lowest BCUT2D eigenvalue weighted by atomic mass is 9.93. The maximum Gasteiger partial charge on any atom is 0.181 e. The van der Waals surface area contributed by atoms with Crippen LogP contribution >= 0.6 is 0 Å². The molecule has 1 aliphatic heterocycles. The molecule has 0 amide bonds. The summed E-state index contributed by atoms with van der Waals surface area (Å²) in [6.07, 6.45) is 3.68. The molecule has 3 rings (SSSR count). The van der Waals surface area contributed by atoms with Gasteiger partial charge in [0.15, 0.2) is 5.78 Å². The number of aromatic nitrogens is 1. The Labute approximate surface area is 165 Å². The number of hydrogen-bond acceptors (Lipinski definition) is 5. The van der Waals surface area contributed by atoms with E-state index in [9.17, 15) is 9.59 Å². The lowest BCUT2D eigenvalue weighted by Gasteiger charge is -2.15. The number of hydrogen-bond donors (Lipinski definition) is 0. The number of ketones is 2. The second-order valence-corrected chi connectivity index (χ2v) is 7.15. The van der Waals surface area contributed by atoms with E-state index in [-0.39, 0.29) is 23.9 Å². The Kier molecular flexibility index (Phi) is 6.82. The van der Waals surface area contributed by atoms with Crippen molar-refractivity contribution in [2.24, 2.45) is 4.99 Å². The second-order valence-electron chi connectivity index (χ2n) is 7.15. The molecule has 1 aromatic heterocycles.